The standard InChI is InChI=1S/C18H17N3O4S2/c1-19-17(22)11-25-14-7-9-15(10-8-14)27(23,24)21-18-20-16(12-26-18)13-5-3-2-4-6-13/h2-10,12H,11H2,1H3,(H,19,22)(H,20,21). The van der Waals surface area contributed by atoms with Crippen LogP contribution >= 0.6 is 11.3 Å². The molecule has 0 saturated heterocycles. The second-order valence-electron chi connectivity index (χ2n) is 5.44. The molecule has 0 bridgehead atoms. The van der Waals surface area contributed by atoms with Crippen molar-refractivity contribution in [3.05, 3.63) is 60.0 Å². The van der Waals surface area contributed by atoms with Crippen LogP contribution in [-0.2, 0) is 14.8 Å². The van der Waals surface area contributed by atoms with Gasteiger partial charge in [-0.05, 0) is 24.3 Å². The molecule has 0 saturated carbocycles. The number of sulfonamides is 1. The maximum absolute atomic E-state index is 12.5. The van der Waals surface area contributed by atoms with Gasteiger partial charge in [-0.15, -0.1) is 11.3 Å². The summed E-state index contributed by atoms with van der Waals surface area (Å²) in [4.78, 5) is 15.6. The Hall–Kier alpha value is -2.91. The van der Waals surface area contributed by atoms with Gasteiger partial charge in [0.1, 0.15) is 5.75 Å². The molecule has 0 aliphatic heterocycles. The number of hydrogen-bond acceptors (Lipinski definition) is 6. The fourth-order valence-corrected chi connectivity index (χ4v) is 4.14. The van der Waals surface area contributed by atoms with Crippen LogP contribution in [-0.4, -0.2) is 33.0 Å². The summed E-state index contributed by atoms with van der Waals surface area (Å²) in [6.45, 7) is -0.137. The van der Waals surface area contributed by atoms with E-state index in [4.69, 9.17) is 4.74 Å². The van der Waals surface area contributed by atoms with Crippen molar-refractivity contribution < 1.29 is 17.9 Å². The lowest BCUT2D eigenvalue weighted by molar-refractivity contribution is -0.122. The van der Waals surface area contributed by atoms with Crippen molar-refractivity contribution in [1.29, 1.82) is 0 Å². The van der Waals surface area contributed by atoms with Crippen molar-refractivity contribution >= 4 is 32.4 Å². The first-order chi connectivity index (χ1) is 13.0. The van der Waals surface area contributed by atoms with Gasteiger partial charge < -0.3 is 10.1 Å². The number of nitrogens with zero attached hydrogens (tertiary/aromatic N) is 1. The Bertz CT molecular complexity index is 1020. The predicted octanol–water partition coefficient (Wildman–Crippen LogP) is 2.74. The minimum absolute atomic E-state index is 0.0752. The van der Waals surface area contributed by atoms with Crippen molar-refractivity contribution in [2.24, 2.45) is 0 Å². The Morgan fingerprint density at radius 2 is 1.81 bits per heavy atom. The van der Waals surface area contributed by atoms with Crippen LogP contribution in [0, 0.1) is 0 Å². The molecule has 0 aliphatic carbocycles. The van der Waals surface area contributed by atoms with E-state index in [1.54, 1.807) is 5.38 Å². The van der Waals surface area contributed by atoms with Gasteiger partial charge in [-0.3, -0.25) is 9.52 Å². The van der Waals surface area contributed by atoms with E-state index in [1.807, 2.05) is 30.3 Å². The highest BCUT2D eigenvalue weighted by Gasteiger charge is 2.16. The first kappa shape index (κ1) is 18.9. The van der Waals surface area contributed by atoms with Crippen molar-refractivity contribution in [2.75, 3.05) is 18.4 Å². The quantitative estimate of drug-likeness (QED) is 0.632. The predicted molar refractivity (Wildman–Crippen MR) is 104 cm³/mol. The van der Waals surface area contributed by atoms with E-state index in [2.05, 4.69) is 15.0 Å². The van der Waals surface area contributed by atoms with Crippen LogP contribution in [0.4, 0.5) is 5.13 Å². The zero-order valence-corrected chi connectivity index (χ0v) is 16.0. The summed E-state index contributed by atoms with van der Waals surface area (Å²) in [5.41, 5.74) is 1.62. The molecular formula is C18H17N3O4S2. The third-order valence-electron chi connectivity index (χ3n) is 3.58. The molecule has 1 aromatic heterocycles. The van der Waals surface area contributed by atoms with Gasteiger partial charge >= 0.3 is 0 Å². The van der Waals surface area contributed by atoms with Gasteiger partial charge in [-0.1, -0.05) is 30.3 Å². The number of aromatic nitrogens is 1. The van der Waals surface area contributed by atoms with Crippen LogP contribution < -0.4 is 14.8 Å². The van der Waals surface area contributed by atoms with Crippen LogP contribution in [0.25, 0.3) is 11.3 Å². The third-order valence-corrected chi connectivity index (χ3v) is 5.82. The molecular weight excluding hydrogens is 386 g/mol. The third kappa shape index (κ3) is 4.83. The van der Waals surface area contributed by atoms with Gasteiger partial charge in [-0.25, -0.2) is 13.4 Å². The zero-order chi connectivity index (χ0) is 19.3. The number of rotatable bonds is 7. The van der Waals surface area contributed by atoms with E-state index in [-0.39, 0.29) is 22.5 Å². The van der Waals surface area contributed by atoms with E-state index >= 15 is 0 Å². The fourth-order valence-electron chi connectivity index (χ4n) is 2.17. The summed E-state index contributed by atoms with van der Waals surface area (Å²) < 4.78 is 32.8. The molecule has 3 rings (SSSR count). The number of likely N-dealkylation sites (N-methyl/N-ethyl adjacent to an activating group) is 1. The molecule has 0 fully saturated rings. The molecule has 0 aliphatic rings. The molecule has 7 nitrogen and oxygen atoms in total. The lowest BCUT2D eigenvalue weighted by Gasteiger charge is -2.08. The molecule has 140 valence electrons. The van der Waals surface area contributed by atoms with Gasteiger partial charge in [0.2, 0.25) is 0 Å². The van der Waals surface area contributed by atoms with E-state index in [0.717, 1.165) is 5.56 Å². The van der Waals surface area contributed by atoms with Gasteiger partial charge in [0.05, 0.1) is 10.6 Å². The van der Waals surface area contributed by atoms with Gasteiger partial charge in [0, 0.05) is 18.0 Å². The average molecular weight is 403 g/mol. The maximum Gasteiger partial charge on any atom is 0.263 e. The minimum Gasteiger partial charge on any atom is -0.484 e. The first-order valence-electron chi connectivity index (χ1n) is 7.95. The van der Waals surface area contributed by atoms with E-state index in [1.165, 1.54) is 42.6 Å². The van der Waals surface area contributed by atoms with Crippen molar-refractivity contribution in [3.63, 3.8) is 0 Å². The number of ether oxygens (including phenoxy) is 1. The van der Waals surface area contributed by atoms with E-state index < -0.39 is 10.0 Å². The number of nitrogens with one attached hydrogen (secondary N) is 2. The van der Waals surface area contributed by atoms with Crippen molar-refractivity contribution in [2.45, 2.75) is 4.90 Å². The highest BCUT2D eigenvalue weighted by molar-refractivity contribution is 7.93. The molecule has 3 aromatic rings. The SMILES string of the molecule is CNC(=O)COc1ccc(S(=O)(=O)Nc2nc(-c3ccccc3)cs2)cc1. The molecule has 27 heavy (non-hydrogen) atoms. The van der Waals surface area contributed by atoms with Crippen molar-refractivity contribution in [1.82, 2.24) is 10.3 Å². The highest BCUT2D eigenvalue weighted by Crippen LogP contribution is 2.26. The van der Waals surface area contributed by atoms with Crippen LogP contribution in [0.3, 0.4) is 0 Å². The van der Waals surface area contributed by atoms with Crippen molar-refractivity contribution in [3.8, 4) is 17.0 Å². The first-order valence-corrected chi connectivity index (χ1v) is 10.3. The van der Waals surface area contributed by atoms with Gasteiger partial charge in [0.25, 0.3) is 15.9 Å². The zero-order valence-electron chi connectivity index (χ0n) is 14.4. The molecule has 2 N–H and O–H groups in total. The Morgan fingerprint density at radius 1 is 1.11 bits per heavy atom. The topological polar surface area (TPSA) is 97.4 Å². The fraction of sp³-hybridized carbons (Fsp3) is 0.111. The lowest BCUT2D eigenvalue weighted by atomic mass is 10.2. The minimum atomic E-state index is -3.77. The molecule has 9 heteroatoms. The van der Waals surface area contributed by atoms with Crippen LogP contribution in [0.2, 0.25) is 0 Å². The smallest absolute Gasteiger partial charge is 0.263 e. The molecule has 2 aromatic carbocycles. The second kappa shape index (κ2) is 8.19. The molecule has 0 spiro atoms. The second-order valence-corrected chi connectivity index (χ2v) is 7.98. The number of anilines is 1. The van der Waals surface area contributed by atoms with Crippen LogP contribution in [0.5, 0.6) is 5.75 Å². The molecule has 0 atom stereocenters. The molecule has 1 heterocycles. The Labute approximate surface area is 161 Å². The summed E-state index contributed by atoms with van der Waals surface area (Å²) in [5, 5.41) is 4.52. The number of amides is 1. The summed E-state index contributed by atoms with van der Waals surface area (Å²) in [6.07, 6.45) is 0. The molecule has 0 radical (unpaired) electrons. The van der Waals surface area contributed by atoms with Crippen LogP contribution in [0.15, 0.2) is 64.9 Å². The number of thiazole rings is 1. The largest absolute Gasteiger partial charge is 0.484 e. The molecule has 1 amide bonds. The molecule has 0 unspecified atom stereocenters. The number of carbonyl (C=O) groups is 1. The Balaban J connectivity index is 1.70. The monoisotopic (exact) mass is 403 g/mol. The normalized spacial score (nSPS) is 11.0. The highest BCUT2D eigenvalue weighted by atomic mass is 32.2. The van der Waals surface area contributed by atoms with Crippen LogP contribution in [0.1, 0.15) is 0 Å². The van der Waals surface area contributed by atoms with Gasteiger partial charge in [-0.2, -0.15) is 0 Å². The summed E-state index contributed by atoms with van der Waals surface area (Å²) >= 11 is 1.21. The lowest BCUT2D eigenvalue weighted by Crippen LogP contribution is -2.24. The average Bonchev–Trinajstić information content (AvgIpc) is 3.15. The van der Waals surface area contributed by atoms with E-state index in [9.17, 15) is 13.2 Å². The van der Waals surface area contributed by atoms with E-state index in [0.29, 0.717) is 11.4 Å². The Morgan fingerprint density at radius 3 is 2.48 bits per heavy atom. The summed E-state index contributed by atoms with van der Waals surface area (Å²) in [5.74, 6) is 0.129. The van der Waals surface area contributed by atoms with Gasteiger partial charge in [0.15, 0.2) is 11.7 Å². The maximum atomic E-state index is 12.5. The Kier molecular flexibility index (Phi) is 5.72. The number of benzene rings is 2. The summed E-state index contributed by atoms with van der Waals surface area (Å²) in [6, 6.07) is 15.3. The summed E-state index contributed by atoms with van der Waals surface area (Å²) in [7, 11) is -2.26. The number of carbonyl (C=O) groups excluding carboxylic acids is 1. The number of hydrogen-bond donors (Lipinski definition) is 2.